The minimum absolute atomic E-state index is 0. The molecular weight excluding hydrogens is 377 g/mol. The third kappa shape index (κ3) is 5.54. The van der Waals surface area contributed by atoms with Crippen LogP contribution in [0, 0.1) is 5.92 Å². The number of ether oxygens (including phenoxy) is 1. The SMILES string of the molecule is CC(C)CCn1c(CNC(=O)C2CNCCO2)nc2cccnc21.Cl.Cl. The maximum absolute atomic E-state index is 12.2. The van der Waals surface area contributed by atoms with E-state index in [0.29, 0.717) is 25.6 Å². The van der Waals surface area contributed by atoms with Crippen molar-refractivity contribution in [1.82, 2.24) is 25.2 Å². The highest BCUT2D eigenvalue weighted by Gasteiger charge is 2.22. The highest BCUT2D eigenvalue weighted by Crippen LogP contribution is 2.16. The molecule has 2 N–H and O–H groups in total. The van der Waals surface area contributed by atoms with Gasteiger partial charge in [-0.15, -0.1) is 24.8 Å². The van der Waals surface area contributed by atoms with E-state index in [2.05, 4.69) is 39.0 Å². The largest absolute Gasteiger partial charge is 0.366 e. The summed E-state index contributed by atoms with van der Waals surface area (Å²) in [6.07, 6.45) is 2.39. The van der Waals surface area contributed by atoms with Gasteiger partial charge in [0.05, 0.1) is 13.2 Å². The molecule has 9 heteroatoms. The lowest BCUT2D eigenvalue weighted by atomic mass is 10.1. The standard InChI is InChI=1S/C17H25N5O2.2ClH/c1-12(2)5-8-22-15(21-13-4-3-6-19-16(13)22)11-20-17(23)14-10-18-7-9-24-14;;/h3-4,6,12,14,18H,5,7-11H2,1-2H3,(H,20,23);2*1H. The van der Waals surface area contributed by atoms with Crippen molar-refractivity contribution in [2.75, 3.05) is 19.7 Å². The molecule has 1 aliphatic heterocycles. The Balaban J connectivity index is 0.00000169. The number of carbonyl (C=O) groups excluding carboxylic acids is 1. The van der Waals surface area contributed by atoms with E-state index in [4.69, 9.17) is 4.74 Å². The van der Waals surface area contributed by atoms with Crippen LogP contribution in [-0.2, 0) is 22.6 Å². The van der Waals surface area contributed by atoms with Gasteiger partial charge in [-0.05, 0) is 24.5 Å². The first-order chi connectivity index (χ1) is 11.6. The first-order valence-corrected chi connectivity index (χ1v) is 8.55. The summed E-state index contributed by atoms with van der Waals surface area (Å²) in [5, 5.41) is 6.11. The van der Waals surface area contributed by atoms with E-state index in [1.165, 1.54) is 0 Å². The zero-order chi connectivity index (χ0) is 16.9. The second-order valence-corrected chi connectivity index (χ2v) is 6.49. The Morgan fingerprint density at radius 3 is 2.96 bits per heavy atom. The van der Waals surface area contributed by atoms with Gasteiger partial charge in [0.1, 0.15) is 17.4 Å². The van der Waals surface area contributed by atoms with E-state index >= 15 is 0 Å². The van der Waals surface area contributed by atoms with Gasteiger partial charge in [0.2, 0.25) is 0 Å². The Hall–Kier alpha value is -1.41. The van der Waals surface area contributed by atoms with Gasteiger partial charge in [-0.2, -0.15) is 0 Å². The van der Waals surface area contributed by atoms with Gasteiger partial charge >= 0.3 is 0 Å². The van der Waals surface area contributed by atoms with E-state index in [-0.39, 0.29) is 30.7 Å². The van der Waals surface area contributed by atoms with Crippen LogP contribution >= 0.6 is 24.8 Å². The van der Waals surface area contributed by atoms with Gasteiger partial charge in [-0.3, -0.25) is 4.79 Å². The predicted molar refractivity (Wildman–Crippen MR) is 106 cm³/mol. The highest BCUT2D eigenvalue weighted by atomic mass is 35.5. The van der Waals surface area contributed by atoms with Crippen molar-refractivity contribution in [1.29, 1.82) is 0 Å². The molecule has 26 heavy (non-hydrogen) atoms. The first kappa shape index (κ1) is 22.6. The number of aromatic nitrogens is 3. The Kier molecular flexibility index (Phi) is 9.29. The fourth-order valence-electron chi connectivity index (χ4n) is 2.78. The summed E-state index contributed by atoms with van der Waals surface area (Å²) in [4.78, 5) is 21.3. The maximum Gasteiger partial charge on any atom is 0.250 e. The van der Waals surface area contributed by atoms with E-state index in [0.717, 1.165) is 36.5 Å². The number of hydrogen-bond donors (Lipinski definition) is 2. The summed E-state index contributed by atoms with van der Waals surface area (Å²) >= 11 is 0. The number of imidazole rings is 1. The number of nitrogens with one attached hydrogen (secondary N) is 2. The molecule has 2 aromatic rings. The monoisotopic (exact) mass is 403 g/mol. The Morgan fingerprint density at radius 1 is 1.46 bits per heavy atom. The molecule has 3 rings (SSSR count). The van der Waals surface area contributed by atoms with Crippen LogP contribution in [0.1, 0.15) is 26.1 Å². The van der Waals surface area contributed by atoms with Gasteiger partial charge in [-0.25, -0.2) is 9.97 Å². The topological polar surface area (TPSA) is 81.1 Å². The molecule has 1 unspecified atom stereocenters. The van der Waals surface area contributed by atoms with Crippen molar-refractivity contribution in [2.24, 2.45) is 5.92 Å². The molecule has 0 spiro atoms. The number of nitrogens with zero attached hydrogens (tertiary/aromatic N) is 3. The zero-order valence-corrected chi connectivity index (χ0v) is 16.7. The van der Waals surface area contributed by atoms with Crippen LogP contribution < -0.4 is 10.6 Å². The number of hydrogen-bond acceptors (Lipinski definition) is 5. The first-order valence-electron chi connectivity index (χ1n) is 8.55. The molecule has 0 radical (unpaired) electrons. The van der Waals surface area contributed by atoms with Gasteiger partial charge in [0.15, 0.2) is 5.65 Å². The zero-order valence-electron chi connectivity index (χ0n) is 15.1. The lowest BCUT2D eigenvalue weighted by Gasteiger charge is -2.22. The highest BCUT2D eigenvalue weighted by molar-refractivity contribution is 5.85. The van der Waals surface area contributed by atoms with Crippen LogP contribution in [0.5, 0.6) is 0 Å². The summed E-state index contributed by atoms with van der Waals surface area (Å²) in [5.41, 5.74) is 1.74. The molecule has 1 atom stereocenters. The van der Waals surface area contributed by atoms with Crippen molar-refractivity contribution in [3.8, 4) is 0 Å². The number of halogens is 2. The molecule has 1 saturated heterocycles. The summed E-state index contributed by atoms with van der Waals surface area (Å²) in [6.45, 7) is 7.53. The second-order valence-electron chi connectivity index (χ2n) is 6.49. The third-order valence-electron chi connectivity index (χ3n) is 4.15. The van der Waals surface area contributed by atoms with Crippen molar-refractivity contribution >= 4 is 41.9 Å². The average molecular weight is 404 g/mol. The van der Waals surface area contributed by atoms with Crippen LogP contribution in [0.2, 0.25) is 0 Å². The van der Waals surface area contributed by atoms with Crippen LogP contribution in [0.3, 0.4) is 0 Å². The molecule has 0 aliphatic carbocycles. The molecule has 0 aromatic carbocycles. The molecule has 7 nitrogen and oxygen atoms in total. The third-order valence-corrected chi connectivity index (χ3v) is 4.15. The summed E-state index contributed by atoms with van der Waals surface area (Å²) < 4.78 is 7.59. The van der Waals surface area contributed by atoms with Gasteiger partial charge in [-0.1, -0.05) is 13.8 Å². The number of morpholine rings is 1. The lowest BCUT2D eigenvalue weighted by molar-refractivity contribution is -0.134. The smallest absolute Gasteiger partial charge is 0.250 e. The van der Waals surface area contributed by atoms with Gasteiger partial charge < -0.3 is 19.9 Å². The molecule has 2 aromatic heterocycles. The van der Waals surface area contributed by atoms with Crippen molar-refractivity contribution in [3.63, 3.8) is 0 Å². The normalized spacial score (nSPS) is 16.8. The number of amides is 1. The Bertz CT molecular complexity index is 702. The second kappa shape index (κ2) is 10.7. The van der Waals surface area contributed by atoms with E-state index < -0.39 is 6.10 Å². The van der Waals surface area contributed by atoms with Gasteiger partial charge in [0.25, 0.3) is 5.91 Å². The maximum atomic E-state index is 12.2. The summed E-state index contributed by atoms with van der Waals surface area (Å²) in [5.74, 6) is 1.33. The molecule has 3 heterocycles. The fourth-order valence-corrected chi connectivity index (χ4v) is 2.78. The molecule has 1 amide bonds. The fraction of sp³-hybridized carbons (Fsp3) is 0.588. The lowest BCUT2D eigenvalue weighted by Crippen LogP contribution is -2.47. The van der Waals surface area contributed by atoms with E-state index in [9.17, 15) is 4.79 Å². The minimum atomic E-state index is -0.426. The van der Waals surface area contributed by atoms with E-state index in [1.807, 2.05) is 12.1 Å². The summed E-state index contributed by atoms with van der Waals surface area (Å²) in [7, 11) is 0. The predicted octanol–water partition coefficient (Wildman–Crippen LogP) is 1.93. The van der Waals surface area contributed by atoms with Crippen molar-refractivity contribution in [3.05, 3.63) is 24.2 Å². The van der Waals surface area contributed by atoms with Crippen LogP contribution in [0.25, 0.3) is 11.2 Å². The van der Waals surface area contributed by atoms with E-state index in [1.54, 1.807) is 6.20 Å². The number of aryl methyl sites for hydroxylation is 1. The molecule has 146 valence electrons. The van der Waals surface area contributed by atoms with Crippen LogP contribution in [0.15, 0.2) is 18.3 Å². The van der Waals surface area contributed by atoms with Crippen molar-refractivity contribution in [2.45, 2.75) is 39.5 Å². The van der Waals surface area contributed by atoms with Crippen LogP contribution in [-0.4, -0.2) is 46.2 Å². The van der Waals surface area contributed by atoms with Crippen molar-refractivity contribution < 1.29 is 9.53 Å². The Labute approximate surface area is 166 Å². The van der Waals surface area contributed by atoms with Crippen LogP contribution in [0.4, 0.5) is 0 Å². The molecule has 1 aliphatic rings. The number of pyridine rings is 1. The molecular formula is C17H27Cl2N5O2. The molecule has 0 saturated carbocycles. The quantitative estimate of drug-likeness (QED) is 0.769. The number of rotatable bonds is 6. The Morgan fingerprint density at radius 2 is 2.27 bits per heavy atom. The molecule has 0 bridgehead atoms. The number of carbonyl (C=O) groups is 1. The number of fused-ring (bicyclic) bond motifs is 1. The summed E-state index contributed by atoms with van der Waals surface area (Å²) in [6, 6.07) is 3.83. The minimum Gasteiger partial charge on any atom is -0.366 e. The average Bonchev–Trinajstić information content (AvgIpc) is 2.96. The van der Waals surface area contributed by atoms with Gasteiger partial charge in [0, 0.05) is 25.8 Å². The molecule has 1 fully saturated rings.